The Hall–Kier alpha value is -2.09. The van der Waals surface area contributed by atoms with Crippen LogP contribution in [-0.2, 0) is 0 Å². The molecule has 8 heteroatoms. The largest absolute Gasteiger partial charge is 0.369 e. The predicted molar refractivity (Wildman–Crippen MR) is 51.0 cm³/mol. The number of nitrogens with zero attached hydrogens (tertiary/aromatic N) is 3. The second-order valence-electron chi connectivity index (χ2n) is 2.60. The van der Waals surface area contributed by atoms with E-state index in [9.17, 15) is 4.79 Å². The number of aromatic amines is 1. The first-order valence-electron chi connectivity index (χ1n) is 3.88. The van der Waals surface area contributed by atoms with Gasteiger partial charge in [0.05, 0.1) is 0 Å². The number of nitrogens with two attached hydrogens (primary N) is 1. The topological polar surface area (TPSA) is 114 Å². The van der Waals surface area contributed by atoms with Crippen LogP contribution in [0.2, 0.25) is 0 Å². The first kappa shape index (κ1) is 8.51. The summed E-state index contributed by atoms with van der Waals surface area (Å²) in [6.45, 7) is 0. The Bertz CT molecular complexity index is 512. The van der Waals surface area contributed by atoms with E-state index in [0.717, 1.165) is 0 Å². The zero-order valence-corrected chi connectivity index (χ0v) is 7.40. The smallest absolute Gasteiger partial charge is 0.280 e. The summed E-state index contributed by atoms with van der Waals surface area (Å²) >= 11 is 0. The maximum atomic E-state index is 11.3. The molecule has 0 fully saturated rings. The minimum atomic E-state index is -0.357. The van der Waals surface area contributed by atoms with Crippen LogP contribution in [-0.4, -0.2) is 26.7 Å². The molecule has 0 aliphatic carbocycles. The Balaban J connectivity index is 2.72. The van der Waals surface area contributed by atoms with E-state index in [1.807, 2.05) is 0 Å². The standard InChI is InChI=1S/C6H9N7O/c1-8-12-13-2-9-3-4(13)10-6(7)11-5(3)14/h2,8,12H,1H3,(H3,7,10,11,14). The van der Waals surface area contributed by atoms with Crippen LogP contribution in [0.5, 0.6) is 0 Å². The first-order valence-corrected chi connectivity index (χ1v) is 3.88. The van der Waals surface area contributed by atoms with Gasteiger partial charge in [-0.05, 0) is 0 Å². The van der Waals surface area contributed by atoms with Crippen molar-refractivity contribution in [2.24, 2.45) is 0 Å². The summed E-state index contributed by atoms with van der Waals surface area (Å²) in [5.74, 6) is 0.0575. The van der Waals surface area contributed by atoms with Crippen LogP contribution in [0.25, 0.3) is 11.2 Å². The van der Waals surface area contributed by atoms with Crippen molar-refractivity contribution in [2.75, 3.05) is 18.3 Å². The van der Waals surface area contributed by atoms with Crippen LogP contribution < -0.4 is 22.3 Å². The molecule has 2 aromatic heterocycles. The molecule has 74 valence electrons. The van der Waals surface area contributed by atoms with E-state index in [2.05, 4.69) is 25.9 Å². The Labute approximate surface area is 78.1 Å². The lowest BCUT2D eigenvalue weighted by molar-refractivity contribution is 0.770. The monoisotopic (exact) mass is 195 g/mol. The summed E-state index contributed by atoms with van der Waals surface area (Å²) in [5.41, 5.74) is 11.0. The molecule has 0 atom stereocenters. The summed E-state index contributed by atoms with van der Waals surface area (Å²) in [4.78, 5) is 21.5. The van der Waals surface area contributed by atoms with Crippen molar-refractivity contribution < 1.29 is 0 Å². The lowest BCUT2D eigenvalue weighted by Crippen LogP contribution is -2.26. The number of hydrogen-bond acceptors (Lipinski definition) is 6. The normalized spacial score (nSPS) is 10.6. The van der Waals surface area contributed by atoms with Crippen LogP contribution in [0, 0.1) is 0 Å². The van der Waals surface area contributed by atoms with Gasteiger partial charge in [-0.15, -0.1) is 0 Å². The fourth-order valence-electron chi connectivity index (χ4n) is 1.13. The molecule has 0 unspecified atom stereocenters. The maximum absolute atomic E-state index is 11.3. The molecule has 0 bridgehead atoms. The minimum Gasteiger partial charge on any atom is -0.369 e. The van der Waals surface area contributed by atoms with Crippen molar-refractivity contribution in [1.29, 1.82) is 0 Å². The Morgan fingerprint density at radius 3 is 3.14 bits per heavy atom. The first-order chi connectivity index (χ1) is 6.72. The molecule has 8 nitrogen and oxygen atoms in total. The second-order valence-corrected chi connectivity index (χ2v) is 2.60. The number of fused-ring (bicyclic) bond motifs is 1. The molecule has 0 aliphatic rings. The van der Waals surface area contributed by atoms with E-state index >= 15 is 0 Å². The number of hydrogen-bond donors (Lipinski definition) is 4. The van der Waals surface area contributed by atoms with E-state index in [4.69, 9.17) is 5.73 Å². The number of aromatic nitrogens is 4. The fraction of sp³-hybridized carbons (Fsp3) is 0.167. The lowest BCUT2D eigenvalue weighted by atomic mass is 10.5. The van der Waals surface area contributed by atoms with Gasteiger partial charge in [0, 0.05) is 7.05 Å². The Morgan fingerprint density at radius 2 is 2.43 bits per heavy atom. The van der Waals surface area contributed by atoms with Gasteiger partial charge >= 0.3 is 0 Å². The van der Waals surface area contributed by atoms with Crippen LogP contribution in [0.1, 0.15) is 0 Å². The number of rotatable bonds is 2. The predicted octanol–water partition coefficient (Wildman–Crippen LogP) is -1.62. The SMILES string of the molecule is CNNn1cnc2c(=O)[nH]c(N)nc21. The second kappa shape index (κ2) is 3.00. The molecule has 2 aromatic rings. The highest BCUT2D eigenvalue weighted by Crippen LogP contribution is 2.02. The lowest BCUT2D eigenvalue weighted by Gasteiger charge is -2.04. The van der Waals surface area contributed by atoms with Crippen molar-refractivity contribution >= 4 is 17.1 Å². The van der Waals surface area contributed by atoms with Crippen molar-refractivity contribution in [3.63, 3.8) is 0 Å². The zero-order valence-electron chi connectivity index (χ0n) is 7.40. The van der Waals surface area contributed by atoms with Gasteiger partial charge in [-0.2, -0.15) is 4.98 Å². The summed E-state index contributed by atoms with van der Waals surface area (Å²) in [5, 5.41) is 0. The van der Waals surface area contributed by atoms with Gasteiger partial charge in [0.15, 0.2) is 11.2 Å². The number of nitrogens with one attached hydrogen (secondary N) is 3. The molecule has 0 amide bonds. The molecule has 5 N–H and O–H groups in total. The average Bonchev–Trinajstić information content (AvgIpc) is 2.49. The van der Waals surface area contributed by atoms with Crippen LogP contribution in [0.15, 0.2) is 11.1 Å². The molecule has 0 aromatic carbocycles. The molecule has 14 heavy (non-hydrogen) atoms. The Morgan fingerprint density at radius 1 is 1.64 bits per heavy atom. The summed E-state index contributed by atoms with van der Waals surface area (Å²) < 4.78 is 1.46. The third-order valence-electron chi connectivity index (χ3n) is 1.66. The third-order valence-corrected chi connectivity index (χ3v) is 1.66. The summed E-state index contributed by atoms with van der Waals surface area (Å²) in [6.07, 6.45) is 1.43. The minimum absolute atomic E-state index is 0.0575. The van der Waals surface area contributed by atoms with Gasteiger partial charge in [0.1, 0.15) is 6.33 Å². The molecule has 0 spiro atoms. The van der Waals surface area contributed by atoms with Crippen molar-refractivity contribution in [2.45, 2.75) is 0 Å². The van der Waals surface area contributed by atoms with Gasteiger partial charge in [-0.3, -0.25) is 15.3 Å². The molecular weight excluding hydrogens is 186 g/mol. The third kappa shape index (κ3) is 1.17. The highest BCUT2D eigenvalue weighted by Gasteiger charge is 2.07. The molecule has 2 rings (SSSR count). The number of hydrazine groups is 1. The number of imidazole rings is 1. The maximum Gasteiger partial charge on any atom is 0.280 e. The molecular formula is C6H9N7O. The highest BCUT2D eigenvalue weighted by atomic mass is 16.1. The van der Waals surface area contributed by atoms with Crippen molar-refractivity contribution in [3.8, 4) is 0 Å². The van der Waals surface area contributed by atoms with Gasteiger partial charge in [-0.25, -0.2) is 15.1 Å². The van der Waals surface area contributed by atoms with Crippen LogP contribution in [0.3, 0.4) is 0 Å². The van der Waals surface area contributed by atoms with E-state index < -0.39 is 0 Å². The molecule has 0 saturated carbocycles. The molecule has 0 aliphatic heterocycles. The summed E-state index contributed by atoms with van der Waals surface area (Å²) in [7, 11) is 1.68. The van der Waals surface area contributed by atoms with E-state index in [1.165, 1.54) is 11.0 Å². The fourth-order valence-corrected chi connectivity index (χ4v) is 1.13. The number of H-pyrrole nitrogens is 1. The van der Waals surface area contributed by atoms with Crippen LogP contribution in [0.4, 0.5) is 5.95 Å². The number of anilines is 1. The average molecular weight is 195 g/mol. The van der Waals surface area contributed by atoms with E-state index in [0.29, 0.717) is 5.65 Å². The Kier molecular flexibility index (Phi) is 1.82. The van der Waals surface area contributed by atoms with Crippen molar-refractivity contribution in [1.82, 2.24) is 25.1 Å². The van der Waals surface area contributed by atoms with Gasteiger partial charge < -0.3 is 5.73 Å². The van der Waals surface area contributed by atoms with Gasteiger partial charge in [0.2, 0.25) is 5.95 Å². The molecule has 0 radical (unpaired) electrons. The quantitative estimate of drug-likeness (QED) is 0.428. The summed E-state index contributed by atoms with van der Waals surface area (Å²) in [6, 6.07) is 0. The molecule has 0 saturated heterocycles. The van der Waals surface area contributed by atoms with E-state index in [-0.39, 0.29) is 17.0 Å². The van der Waals surface area contributed by atoms with Gasteiger partial charge in [-0.1, -0.05) is 0 Å². The van der Waals surface area contributed by atoms with E-state index in [1.54, 1.807) is 7.05 Å². The highest BCUT2D eigenvalue weighted by molar-refractivity contribution is 5.70. The van der Waals surface area contributed by atoms with Crippen molar-refractivity contribution in [3.05, 3.63) is 16.7 Å². The van der Waals surface area contributed by atoms with Gasteiger partial charge in [0.25, 0.3) is 5.56 Å². The molecule has 2 heterocycles. The zero-order chi connectivity index (χ0) is 10.1. The number of nitrogen functional groups attached to an aromatic ring is 1. The van der Waals surface area contributed by atoms with Crippen LogP contribution >= 0.6 is 0 Å².